The fourth-order valence-electron chi connectivity index (χ4n) is 8.22. The SMILES string of the molecule is Cc1ccc(C(=O)Nc2ccc(CN3CCN(C(=O)CCCCCNc4cccc5c4C(=O)N(C4CCC(=O)NC4=O)C5=O)CC3)c(C(F)(F)F)c2)cc1C#Cc1cnc2cccnn12. The number of carbonyl (C=O) groups excluding carboxylic acids is 6. The zero-order valence-electron chi connectivity index (χ0n) is 35.3. The molecule has 0 radical (unpaired) electrons. The summed E-state index contributed by atoms with van der Waals surface area (Å²) in [6.07, 6.45) is 0.897. The molecule has 334 valence electrons. The van der Waals surface area contributed by atoms with E-state index >= 15 is 0 Å². The van der Waals surface area contributed by atoms with E-state index in [0.29, 0.717) is 81.0 Å². The number of anilines is 2. The lowest BCUT2D eigenvalue weighted by Crippen LogP contribution is -2.54. The van der Waals surface area contributed by atoms with Gasteiger partial charge in [-0.05, 0) is 91.8 Å². The average molecular weight is 888 g/mol. The number of aromatic nitrogens is 3. The number of carbonyl (C=O) groups is 6. The molecule has 1 atom stereocenters. The Morgan fingerprint density at radius 2 is 1.72 bits per heavy atom. The Morgan fingerprint density at radius 1 is 0.908 bits per heavy atom. The molecule has 65 heavy (non-hydrogen) atoms. The van der Waals surface area contributed by atoms with Gasteiger partial charge < -0.3 is 15.5 Å². The molecule has 15 nitrogen and oxygen atoms in total. The Hall–Kier alpha value is -7.39. The van der Waals surface area contributed by atoms with E-state index in [1.165, 1.54) is 18.2 Å². The summed E-state index contributed by atoms with van der Waals surface area (Å²) in [5.74, 6) is 3.15. The number of piperazine rings is 1. The first kappa shape index (κ1) is 44.2. The third-order valence-electron chi connectivity index (χ3n) is 11.7. The van der Waals surface area contributed by atoms with E-state index in [4.69, 9.17) is 0 Å². The molecule has 5 heterocycles. The minimum absolute atomic E-state index is 0.00387. The number of nitrogens with one attached hydrogen (secondary N) is 3. The number of aryl methyl sites for hydroxylation is 1. The van der Waals surface area contributed by atoms with E-state index in [9.17, 15) is 41.9 Å². The first-order valence-corrected chi connectivity index (χ1v) is 21.3. The van der Waals surface area contributed by atoms with Crippen LogP contribution in [-0.4, -0.2) is 104 Å². The molecule has 3 aliphatic heterocycles. The second-order valence-electron chi connectivity index (χ2n) is 16.1. The number of fused-ring (bicyclic) bond motifs is 2. The number of alkyl halides is 3. The highest BCUT2D eigenvalue weighted by Gasteiger charge is 2.45. The summed E-state index contributed by atoms with van der Waals surface area (Å²) in [6, 6.07) is 16.0. The van der Waals surface area contributed by atoms with Crippen LogP contribution in [-0.2, 0) is 27.1 Å². The molecule has 5 aromatic rings. The molecule has 2 fully saturated rings. The Kier molecular flexibility index (Phi) is 12.8. The van der Waals surface area contributed by atoms with Crippen molar-refractivity contribution < 1.29 is 41.9 Å². The average Bonchev–Trinajstić information content (AvgIpc) is 3.82. The summed E-state index contributed by atoms with van der Waals surface area (Å²) in [7, 11) is 0. The predicted octanol–water partition coefficient (Wildman–Crippen LogP) is 5.43. The summed E-state index contributed by atoms with van der Waals surface area (Å²) >= 11 is 0. The first-order chi connectivity index (χ1) is 31.2. The number of unbranched alkanes of at least 4 members (excludes halogenated alkanes) is 2. The number of benzene rings is 3. The highest BCUT2D eigenvalue weighted by Crippen LogP contribution is 2.35. The van der Waals surface area contributed by atoms with Crippen molar-refractivity contribution in [2.45, 2.75) is 64.2 Å². The number of imide groups is 2. The Labute approximate surface area is 371 Å². The van der Waals surface area contributed by atoms with Gasteiger partial charge in [-0.15, -0.1) is 0 Å². The van der Waals surface area contributed by atoms with Gasteiger partial charge in [-0.1, -0.05) is 30.5 Å². The van der Waals surface area contributed by atoms with Gasteiger partial charge in [0.2, 0.25) is 17.7 Å². The molecule has 0 spiro atoms. The maximum absolute atomic E-state index is 14.4. The summed E-state index contributed by atoms with van der Waals surface area (Å²) in [4.78, 5) is 85.6. The lowest BCUT2D eigenvalue weighted by molar-refractivity contribution is -0.139. The van der Waals surface area contributed by atoms with Crippen LogP contribution < -0.4 is 16.0 Å². The monoisotopic (exact) mass is 887 g/mol. The van der Waals surface area contributed by atoms with Gasteiger partial charge >= 0.3 is 6.18 Å². The maximum Gasteiger partial charge on any atom is 0.416 e. The number of nitrogens with zero attached hydrogens (tertiary/aromatic N) is 6. The van der Waals surface area contributed by atoms with Gasteiger partial charge in [-0.2, -0.15) is 18.3 Å². The van der Waals surface area contributed by atoms with Gasteiger partial charge in [0.15, 0.2) is 5.65 Å². The highest BCUT2D eigenvalue weighted by atomic mass is 19.4. The van der Waals surface area contributed by atoms with E-state index in [2.05, 4.69) is 37.9 Å². The quantitative estimate of drug-likeness (QED) is 0.0832. The number of hydrogen-bond donors (Lipinski definition) is 3. The van der Waals surface area contributed by atoms with E-state index in [1.807, 2.05) is 11.8 Å². The smallest absolute Gasteiger partial charge is 0.384 e. The molecule has 2 aromatic heterocycles. The number of amides is 6. The number of imidazole rings is 1. The predicted molar refractivity (Wildman–Crippen MR) is 231 cm³/mol. The topological polar surface area (TPSA) is 178 Å². The van der Waals surface area contributed by atoms with Crippen LogP contribution in [0.2, 0.25) is 0 Å². The molecule has 3 aliphatic rings. The van der Waals surface area contributed by atoms with Crippen LogP contribution >= 0.6 is 0 Å². The Bertz CT molecular complexity index is 2790. The molecule has 3 aromatic carbocycles. The minimum atomic E-state index is -4.68. The molecule has 0 bridgehead atoms. The number of hydrogen-bond acceptors (Lipinski definition) is 10. The van der Waals surface area contributed by atoms with Crippen LogP contribution in [0, 0.1) is 18.8 Å². The fraction of sp³-hybridized carbons (Fsp3) is 0.319. The Morgan fingerprint density at radius 3 is 2.51 bits per heavy atom. The summed E-state index contributed by atoms with van der Waals surface area (Å²) < 4.78 is 44.8. The number of rotatable bonds is 12. The number of piperidine rings is 1. The van der Waals surface area contributed by atoms with Gasteiger partial charge in [-0.3, -0.25) is 43.9 Å². The second-order valence-corrected chi connectivity index (χ2v) is 16.1. The van der Waals surface area contributed by atoms with E-state index < -0.39 is 47.3 Å². The lowest BCUT2D eigenvalue weighted by atomic mass is 10.0. The molecule has 0 saturated carbocycles. The molecular formula is C47H44F3N9O6. The van der Waals surface area contributed by atoms with Crippen molar-refractivity contribution in [2.75, 3.05) is 43.4 Å². The zero-order valence-corrected chi connectivity index (χ0v) is 35.3. The molecule has 0 aliphatic carbocycles. The van der Waals surface area contributed by atoms with Crippen LogP contribution in [0.3, 0.4) is 0 Å². The lowest BCUT2D eigenvalue weighted by Gasteiger charge is -2.35. The van der Waals surface area contributed by atoms with Gasteiger partial charge in [0.05, 0.1) is 22.9 Å². The highest BCUT2D eigenvalue weighted by molar-refractivity contribution is 6.25. The first-order valence-electron chi connectivity index (χ1n) is 21.3. The van der Waals surface area contributed by atoms with Gasteiger partial charge in [-0.25, -0.2) is 9.50 Å². The summed E-state index contributed by atoms with van der Waals surface area (Å²) in [5, 5.41) is 12.3. The summed E-state index contributed by atoms with van der Waals surface area (Å²) in [5.41, 5.74) is 2.82. The standard InChI is InChI=1S/C47H44F3N9O6/c1-29-11-12-31(25-30(29)14-16-34-27-52-39-9-6-20-53-59(34)39)43(62)54-33-15-13-32(36(26-33)47(48,49)50)28-56-21-23-57(24-22-56)41(61)10-3-2-4-19-51-37-8-5-7-35-42(37)46(65)58(45(35)64)38-17-18-40(60)55-44(38)63/h5-9,11-13,15,20,25-27,38,51H,2-4,10,17-19,21-24,28H2,1H3,(H,54,62)(H,55,60,63). The number of halogens is 3. The fourth-order valence-corrected chi connectivity index (χ4v) is 8.22. The third kappa shape index (κ3) is 9.75. The van der Waals surface area contributed by atoms with Crippen molar-refractivity contribution in [1.82, 2.24) is 34.6 Å². The van der Waals surface area contributed by atoms with Crippen LogP contribution in [0.15, 0.2) is 79.1 Å². The third-order valence-corrected chi connectivity index (χ3v) is 11.7. The molecule has 6 amide bonds. The maximum atomic E-state index is 14.4. The van der Waals surface area contributed by atoms with Crippen molar-refractivity contribution in [3.63, 3.8) is 0 Å². The molecular weight excluding hydrogens is 844 g/mol. The van der Waals surface area contributed by atoms with E-state index in [0.717, 1.165) is 16.5 Å². The Balaban J connectivity index is 0.791. The van der Waals surface area contributed by atoms with Crippen LogP contribution in [0.5, 0.6) is 0 Å². The van der Waals surface area contributed by atoms with E-state index in [-0.39, 0.29) is 53.2 Å². The van der Waals surface area contributed by atoms with Crippen LogP contribution in [0.1, 0.15) is 97.5 Å². The second kappa shape index (κ2) is 18.8. The normalized spacial score (nSPS) is 16.6. The molecule has 8 rings (SSSR count). The van der Waals surface area contributed by atoms with Gasteiger partial charge in [0.1, 0.15) is 11.7 Å². The molecule has 1 unspecified atom stereocenters. The van der Waals surface area contributed by atoms with Crippen LogP contribution in [0.25, 0.3) is 5.65 Å². The van der Waals surface area contributed by atoms with Gasteiger partial charge in [0, 0.05) is 80.8 Å². The van der Waals surface area contributed by atoms with Crippen molar-refractivity contribution in [2.24, 2.45) is 0 Å². The largest absolute Gasteiger partial charge is 0.416 e. The van der Waals surface area contributed by atoms with Gasteiger partial charge in [0.25, 0.3) is 17.7 Å². The molecule has 2 saturated heterocycles. The zero-order chi connectivity index (χ0) is 45.8. The summed E-state index contributed by atoms with van der Waals surface area (Å²) in [6.45, 7) is 3.84. The van der Waals surface area contributed by atoms with Crippen molar-refractivity contribution in [3.8, 4) is 11.8 Å². The minimum Gasteiger partial charge on any atom is -0.384 e. The van der Waals surface area contributed by atoms with Crippen molar-refractivity contribution in [1.29, 1.82) is 0 Å². The van der Waals surface area contributed by atoms with Crippen molar-refractivity contribution in [3.05, 3.63) is 124 Å². The van der Waals surface area contributed by atoms with Crippen molar-refractivity contribution >= 4 is 52.5 Å². The molecule has 3 N–H and O–H groups in total. The van der Waals surface area contributed by atoms with Crippen LogP contribution in [0.4, 0.5) is 24.5 Å². The van der Waals surface area contributed by atoms with E-state index in [1.54, 1.807) is 64.3 Å². The molecule has 18 heteroatoms.